The number of methoxy groups -OCH3 is 1. The number of fused-ring (bicyclic) bond motifs is 1. The third-order valence-electron chi connectivity index (χ3n) is 5.46. The Bertz CT molecular complexity index is 1140. The maximum atomic E-state index is 13.6. The van der Waals surface area contributed by atoms with Crippen molar-refractivity contribution in [2.24, 2.45) is 16.3 Å². The van der Waals surface area contributed by atoms with E-state index in [9.17, 15) is 9.18 Å². The third-order valence-corrected chi connectivity index (χ3v) is 6.45. The van der Waals surface area contributed by atoms with Gasteiger partial charge in [0.25, 0.3) is 0 Å². The van der Waals surface area contributed by atoms with Crippen LogP contribution in [-0.4, -0.2) is 47.2 Å². The minimum atomic E-state index is -0.827. The number of carbonyl (C=O) groups is 1. The largest absolute Gasteiger partial charge is 0.496 e. The summed E-state index contributed by atoms with van der Waals surface area (Å²) in [5.74, 6) is -0.440. The number of primary amides is 1. The summed E-state index contributed by atoms with van der Waals surface area (Å²) in [6, 6.07) is 4.32. The molecule has 0 aliphatic carbocycles. The summed E-state index contributed by atoms with van der Waals surface area (Å²) >= 11 is 1.42. The molecule has 0 bridgehead atoms. The normalized spacial score (nSPS) is 15.7. The van der Waals surface area contributed by atoms with E-state index in [1.807, 2.05) is 0 Å². The number of halogens is 1. The van der Waals surface area contributed by atoms with Crippen molar-refractivity contribution in [1.29, 1.82) is 0 Å². The number of nitrogens with two attached hydrogens (primary N) is 1. The van der Waals surface area contributed by atoms with Gasteiger partial charge in [-0.05, 0) is 30.5 Å². The average Bonchev–Trinajstić information content (AvgIpc) is 3.33. The number of amides is 1. The maximum absolute atomic E-state index is 13.6. The van der Waals surface area contributed by atoms with Crippen molar-refractivity contribution >= 4 is 27.3 Å². The summed E-state index contributed by atoms with van der Waals surface area (Å²) in [6.07, 6.45) is 2.62. The van der Waals surface area contributed by atoms with E-state index >= 15 is 0 Å². The fourth-order valence-corrected chi connectivity index (χ4v) is 4.57. The van der Waals surface area contributed by atoms with E-state index in [1.54, 1.807) is 16.8 Å². The van der Waals surface area contributed by atoms with Gasteiger partial charge in [0.2, 0.25) is 16.0 Å². The summed E-state index contributed by atoms with van der Waals surface area (Å²) in [4.78, 5) is 21.9. The Labute approximate surface area is 174 Å². The van der Waals surface area contributed by atoms with Crippen LogP contribution < -0.4 is 15.4 Å². The van der Waals surface area contributed by atoms with Crippen LogP contribution >= 0.6 is 11.3 Å². The Balaban J connectivity index is 1.61. The zero-order chi connectivity index (χ0) is 21.3. The Morgan fingerprint density at radius 1 is 1.47 bits per heavy atom. The predicted octanol–water partition coefficient (Wildman–Crippen LogP) is 2.99. The van der Waals surface area contributed by atoms with Crippen LogP contribution in [0.4, 0.5) is 9.52 Å². The molecule has 2 N–H and O–H groups in total. The quantitative estimate of drug-likeness (QED) is 0.364. The lowest BCUT2D eigenvalue weighted by Gasteiger charge is -2.38. The van der Waals surface area contributed by atoms with Crippen LogP contribution in [0, 0.1) is 11.2 Å². The summed E-state index contributed by atoms with van der Waals surface area (Å²) in [7, 11) is 1.48. The molecule has 0 unspecified atom stereocenters. The van der Waals surface area contributed by atoms with Crippen molar-refractivity contribution in [2.45, 2.75) is 12.8 Å². The van der Waals surface area contributed by atoms with Gasteiger partial charge >= 0.3 is 0 Å². The number of ether oxygens (including phenoxy) is 1. The van der Waals surface area contributed by atoms with Crippen molar-refractivity contribution in [2.75, 3.05) is 31.6 Å². The second-order valence-corrected chi connectivity index (χ2v) is 8.02. The van der Waals surface area contributed by atoms with Gasteiger partial charge in [0.1, 0.15) is 11.6 Å². The van der Waals surface area contributed by atoms with Crippen molar-refractivity contribution < 1.29 is 13.9 Å². The number of azide groups is 1. The fourth-order valence-electron chi connectivity index (χ4n) is 3.65. The molecule has 0 radical (unpaired) electrons. The Morgan fingerprint density at radius 2 is 2.23 bits per heavy atom. The van der Waals surface area contributed by atoms with E-state index in [0.29, 0.717) is 47.9 Å². The number of nitrogens with zero attached hydrogens (tertiary/aromatic N) is 7. The lowest BCUT2D eigenvalue weighted by atomic mass is 9.78. The molecular weight excluding hydrogens is 411 g/mol. The molecule has 30 heavy (non-hydrogen) atoms. The van der Waals surface area contributed by atoms with E-state index < -0.39 is 11.3 Å². The predicted molar refractivity (Wildman–Crippen MR) is 110 cm³/mol. The molecule has 1 aromatic carbocycles. The summed E-state index contributed by atoms with van der Waals surface area (Å²) in [5.41, 5.74) is 14.7. The molecule has 1 fully saturated rings. The zero-order valence-corrected chi connectivity index (χ0v) is 17.0. The van der Waals surface area contributed by atoms with Crippen molar-refractivity contribution in [3.8, 4) is 17.0 Å². The molecule has 0 atom stereocenters. The molecule has 12 heteroatoms. The number of carbonyl (C=O) groups excluding carboxylic acids is 1. The van der Waals surface area contributed by atoms with E-state index in [-0.39, 0.29) is 12.4 Å². The van der Waals surface area contributed by atoms with Crippen molar-refractivity contribution in [3.63, 3.8) is 0 Å². The first-order chi connectivity index (χ1) is 14.5. The van der Waals surface area contributed by atoms with Gasteiger partial charge in [-0.25, -0.2) is 13.9 Å². The molecular formula is C18H19FN8O2S. The summed E-state index contributed by atoms with van der Waals surface area (Å²) < 4.78 is 20.6. The first-order valence-electron chi connectivity index (χ1n) is 9.21. The second kappa shape index (κ2) is 7.81. The average molecular weight is 430 g/mol. The highest BCUT2D eigenvalue weighted by Gasteiger charge is 2.40. The standard InChI is InChI=1S/C18H19FN8O2S/c1-29-14-8-11(19)2-3-12(14)13-9-22-16-27(13)24-17(30-16)26-6-4-18(5-7-26,15(20)28)10-23-25-21/h2-3,8-9H,4-7,10H2,1H3,(H2,20,28). The van der Waals surface area contributed by atoms with Crippen LogP contribution in [0.15, 0.2) is 29.5 Å². The highest BCUT2D eigenvalue weighted by molar-refractivity contribution is 7.20. The molecule has 1 saturated heterocycles. The number of anilines is 1. The first kappa shape index (κ1) is 19.9. The van der Waals surface area contributed by atoms with Crippen LogP contribution in [0.5, 0.6) is 5.75 Å². The van der Waals surface area contributed by atoms with Crippen molar-refractivity contribution in [1.82, 2.24) is 14.6 Å². The number of aromatic nitrogens is 3. The molecule has 3 heterocycles. The first-order valence-corrected chi connectivity index (χ1v) is 10.0. The molecule has 1 aliphatic heterocycles. The van der Waals surface area contributed by atoms with Gasteiger partial charge in [-0.2, -0.15) is 0 Å². The molecule has 0 saturated carbocycles. The molecule has 0 spiro atoms. The number of hydrogen-bond donors (Lipinski definition) is 1. The lowest BCUT2D eigenvalue weighted by Crippen LogP contribution is -2.49. The minimum Gasteiger partial charge on any atom is -0.496 e. The van der Waals surface area contributed by atoms with Gasteiger partial charge in [0, 0.05) is 36.2 Å². The van der Waals surface area contributed by atoms with Crippen LogP contribution in [0.3, 0.4) is 0 Å². The van der Waals surface area contributed by atoms with Gasteiger partial charge in [-0.15, -0.1) is 5.10 Å². The SMILES string of the molecule is COc1cc(F)ccc1-c1cnc2sc(N3CCC(CN=[N+]=[N-])(C(N)=O)CC3)nn12. The molecule has 1 amide bonds. The molecule has 2 aromatic heterocycles. The summed E-state index contributed by atoms with van der Waals surface area (Å²) in [5, 5.41) is 9.00. The molecule has 156 valence electrons. The minimum absolute atomic E-state index is 0.0579. The second-order valence-electron chi connectivity index (χ2n) is 7.09. The summed E-state index contributed by atoms with van der Waals surface area (Å²) in [6.45, 7) is 1.16. The number of rotatable bonds is 6. The highest BCUT2D eigenvalue weighted by Crippen LogP contribution is 2.37. The highest BCUT2D eigenvalue weighted by atomic mass is 32.1. The van der Waals surface area contributed by atoms with E-state index in [0.717, 1.165) is 5.13 Å². The van der Waals surface area contributed by atoms with Gasteiger partial charge < -0.3 is 15.4 Å². The zero-order valence-electron chi connectivity index (χ0n) is 16.2. The number of hydrogen-bond acceptors (Lipinski definition) is 7. The number of benzene rings is 1. The molecule has 3 aromatic rings. The Hall–Kier alpha value is -3.37. The molecule has 4 rings (SSSR count). The smallest absolute Gasteiger partial charge is 0.223 e. The molecule has 1 aliphatic rings. The van der Waals surface area contributed by atoms with E-state index in [1.165, 1.54) is 30.6 Å². The van der Waals surface area contributed by atoms with E-state index in [2.05, 4.69) is 25.0 Å². The van der Waals surface area contributed by atoms with Gasteiger partial charge in [0.05, 0.1) is 24.4 Å². The van der Waals surface area contributed by atoms with Gasteiger partial charge in [0.15, 0.2) is 0 Å². The van der Waals surface area contributed by atoms with Crippen LogP contribution in [-0.2, 0) is 4.79 Å². The third kappa shape index (κ3) is 3.40. The monoisotopic (exact) mass is 430 g/mol. The molecule has 10 nitrogen and oxygen atoms in total. The lowest BCUT2D eigenvalue weighted by molar-refractivity contribution is -0.128. The van der Waals surface area contributed by atoms with E-state index in [4.69, 9.17) is 16.0 Å². The number of piperidine rings is 1. The Kier molecular flexibility index (Phi) is 5.18. The van der Waals surface area contributed by atoms with Gasteiger partial charge in [-0.1, -0.05) is 16.5 Å². The van der Waals surface area contributed by atoms with Crippen molar-refractivity contribution in [3.05, 3.63) is 40.7 Å². The maximum Gasteiger partial charge on any atom is 0.223 e. The van der Waals surface area contributed by atoms with Crippen LogP contribution in [0.2, 0.25) is 0 Å². The number of imidazole rings is 1. The van der Waals surface area contributed by atoms with Crippen LogP contribution in [0.25, 0.3) is 26.7 Å². The Morgan fingerprint density at radius 3 is 2.90 bits per heavy atom. The fraction of sp³-hybridized carbons (Fsp3) is 0.389. The topological polar surface area (TPSA) is 135 Å². The van der Waals surface area contributed by atoms with Gasteiger partial charge in [-0.3, -0.25) is 4.79 Å². The van der Waals surface area contributed by atoms with Crippen LogP contribution in [0.1, 0.15) is 12.8 Å².